The van der Waals surface area contributed by atoms with Crippen LogP contribution in [0.3, 0.4) is 0 Å². The van der Waals surface area contributed by atoms with Crippen LogP contribution in [-0.2, 0) is 71.9 Å². The van der Waals surface area contributed by atoms with Crippen LogP contribution in [0.15, 0.2) is 0 Å². The minimum absolute atomic E-state index is 0.0223. The van der Waals surface area contributed by atoms with Gasteiger partial charge in [-0.25, -0.2) is 4.79 Å². The summed E-state index contributed by atoms with van der Waals surface area (Å²) >= 11 is 0. The molecule has 0 spiro atoms. The molecular weight excluding hydrogens is 1130 g/mol. The molecule has 0 aliphatic heterocycles. The van der Waals surface area contributed by atoms with Gasteiger partial charge in [0, 0.05) is 13.1 Å². The highest BCUT2D eigenvalue weighted by atomic mass is 16.4. The Bertz CT molecular complexity index is 2400. The minimum atomic E-state index is -1.93. The molecule has 0 saturated carbocycles. The molecule has 10 atom stereocenters. The third-order valence-corrected chi connectivity index (χ3v) is 11.0. The number of aliphatic hydroxyl groups excluding tert-OH is 3. The molecule has 472 valence electrons. The van der Waals surface area contributed by atoms with Crippen LogP contribution in [0.1, 0.15) is 59.3 Å². The zero-order valence-electron chi connectivity index (χ0n) is 45.8. The molecule has 0 saturated heterocycles. The summed E-state index contributed by atoms with van der Waals surface area (Å²) in [4.78, 5) is 189. The first-order chi connectivity index (χ1) is 39.3. The second-order valence-electron chi connectivity index (χ2n) is 18.1. The van der Waals surface area contributed by atoms with Crippen molar-refractivity contribution in [2.45, 2.75) is 120 Å². The average molecular weight is 1210 g/mol. The summed E-state index contributed by atoms with van der Waals surface area (Å²) in [6.45, 7) is -2.11. The zero-order valence-corrected chi connectivity index (χ0v) is 45.8. The quantitative estimate of drug-likeness (QED) is 0.0154. The maximum atomic E-state index is 13.3. The molecule has 0 aliphatic carbocycles. The number of carboxylic acids is 2. The number of aliphatic hydroxyl groups is 3. The first kappa shape index (κ1) is 74.4. The molecule has 40 heteroatoms. The van der Waals surface area contributed by atoms with Gasteiger partial charge in [-0.05, 0) is 46.5 Å². The molecule has 0 fully saturated rings. The second-order valence-corrected chi connectivity index (χ2v) is 18.1. The molecule has 0 bridgehead atoms. The van der Waals surface area contributed by atoms with Gasteiger partial charge in [-0.1, -0.05) is 0 Å². The van der Waals surface area contributed by atoms with E-state index in [0.29, 0.717) is 0 Å². The summed E-state index contributed by atoms with van der Waals surface area (Å²) < 4.78 is 0. The molecule has 13 amide bonds. The third-order valence-electron chi connectivity index (χ3n) is 11.0. The molecule has 0 aromatic heterocycles. The van der Waals surface area contributed by atoms with Gasteiger partial charge in [0.2, 0.25) is 76.8 Å². The van der Waals surface area contributed by atoms with Crippen molar-refractivity contribution in [1.29, 1.82) is 10.8 Å². The van der Waals surface area contributed by atoms with Crippen LogP contribution in [0, 0.1) is 10.8 Å². The van der Waals surface area contributed by atoms with E-state index in [1.165, 1.54) is 13.8 Å². The number of nitrogens with one attached hydrogen (secondary N) is 16. The highest BCUT2D eigenvalue weighted by Crippen LogP contribution is 2.04. The van der Waals surface area contributed by atoms with Gasteiger partial charge in [0.25, 0.3) is 0 Å². The Morgan fingerprint density at radius 3 is 1.13 bits per heavy atom. The number of nitrogens with two attached hydrogens (primary N) is 4. The Morgan fingerprint density at radius 1 is 0.393 bits per heavy atom. The number of guanidine groups is 2. The van der Waals surface area contributed by atoms with E-state index in [-0.39, 0.29) is 44.7 Å². The highest BCUT2D eigenvalue weighted by Gasteiger charge is 2.34. The summed E-state index contributed by atoms with van der Waals surface area (Å²) in [5, 5.41) is 92.3. The maximum Gasteiger partial charge on any atom is 0.328 e. The average Bonchev–Trinajstić information content (AvgIpc) is 3.47. The predicted octanol–water partition coefficient (Wildman–Crippen LogP) is -14.0. The van der Waals surface area contributed by atoms with Crippen molar-refractivity contribution < 1.29 is 97.5 Å². The van der Waals surface area contributed by atoms with Crippen molar-refractivity contribution in [3.05, 3.63) is 0 Å². The van der Waals surface area contributed by atoms with Gasteiger partial charge in [-0.2, -0.15) is 0 Å². The van der Waals surface area contributed by atoms with Gasteiger partial charge >= 0.3 is 11.9 Å². The Labute approximate surface area is 477 Å². The highest BCUT2D eigenvalue weighted by molar-refractivity contribution is 5.99. The van der Waals surface area contributed by atoms with Crippen molar-refractivity contribution >= 4 is 101 Å². The van der Waals surface area contributed by atoms with Crippen molar-refractivity contribution in [2.75, 3.05) is 52.5 Å². The molecule has 40 nitrogen and oxygen atoms in total. The third kappa shape index (κ3) is 30.9. The Balaban J connectivity index is 5.66. The van der Waals surface area contributed by atoms with E-state index in [1.807, 2.05) is 16.0 Å². The van der Waals surface area contributed by atoms with Crippen molar-refractivity contribution in [3.63, 3.8) is 0 Å². The first-order valence-electron chi connectivity index (χ1n) is 25.3. The van der Waals surface area contributed by atoms with E-state index in [1.54, 1.807) is 0 Å². The SMILES string of the molecule is C[C@H](N)C(=O)N[C@@H](CCCNC(=N)N)C(=O)N[C@@H](CC(=O)O)C(=O)NCC(=O)NCC(=O)N[C@@H](C)C(=O)N[C@@H](CCCNC(=N)N)C(=O)NCC(=O)N[C@@H](C)C(=O)N[C@@H](CC(N)=O)C(=O)N[C@@H](CO)C(=O)N[C@@H](CO)C(=O)N[C@@H](CO)C(=O)O. The molecular formula is C44H76N20O20. The van der Waals surface area contributed by atoms with Crippen LogP contribution in [-0.4, -0.2) is 239 Å². The Morgan fingerprint density at radius 2 is 0.726 bits per heavy atom. The number of aliphatic carboxylic acids is 2. The van der Waals surface area contributed by atoms with E-state index in [4.69, 9.17) is 44.0 Å². The van der Waals surface area contributed by atoms with Crippen molar-refractivity contribution in [3.8, 4) is 0 Å². The lowest BCUT2D eigenvalue weighted by atomic mass is 10.1. The van der Waals surface area contributed by atoms with Gasteiger partial charge < -0.3 is 123 Å². The summed E-state index contributed by atoms with van der Waals surface area (Å²) in [6.07, 6.45) is -1.87. The number of amides is 13. The van der Waals surface area contributed by atoms with Crippen LogP contribution in [0.2, 0.25) is 0 Å². The Kier molecular flexibility index (Phi) is 34.5. The predicted molar refractivity (Wildman–Crippen MR) is 285 cm³/mol. The van der Waals surface area contributed by atoms with Crippen LogP contribution >= 0.6 is 0 Å². The molecule has 0 aliphatic rings. The largest absolute Gasteiger partial charge is 0.481 e. The Hall–Kier alpha value is -9.57. The first-order valence-corrected chi connectivity index (χ1v) is 25.3. The van der Waals surface area contributed by atoms with E-state index < -0.39 is 207 Å². The smallest absolute Gasteiger partial charge is 0.328 e. The van der Waals surface area contributed by atoms with E-state index in [2.05, 4.69) is 58.5 Å². The lowest BCUT2D eigenvalue weighted by Gasteiger charge is -2.24. The maximum absolute atomic E-state index is 13.3. The van der Waals surface area contributed by atoms with Gasteiger partial charge in [0.05, 0.1) is 58.3 Å². The van der Waals surface area contributed by atoms with Crippen LogP contribution in [0.25, 0.3) is 0 Å². The number of carbonyl (C=O) groups is 15. The summed E-state index contributed by atoms with van der Waals surface area (Å²) in [6, 6.07) is -16.0. The van der Waals surface area contributed by atoms with Crippen LogP contribution in [0.4, 0.5) is 0 Å². The van der Waals surface area contributed by atoms with Gasteiger partial charge in [0.1, 0.15) is 54.4 Å². The summed E-state index contributed by atoms with van der Waals surface area (Å²) in [5.74, 6) is -18.1. The summed E-state index contributed by atoms with van der Waals surface area (Å²) in [7, 11) is 0. The second kappa shape index (κ2) is 39.0. The normalized spacial score (nSPS) is 14.2. The number of primary amides is 1. The summed E-state index contributed by atoms with van der Waals surface area (Å²) in [5.41, 5.74) is 21.3. The molecule has 84 heavy (non-hydrogen) atoms. The minimum Gasteiger partial charge on any atom is -0.481 e. The zero-order chi connectivity index (χ0) is 64.4. The molecule has 29 N–H and O–H groups in total. The van der Waals surface area contributed by atoms with Crippen LogP contribution in [0.5, 0.6) is 0 Å². The number of carbonyl (C=O) groups excluding carboxylic acids is 13. The molecule has 0 aromatic rings. The number of carboxylic acid groups (broad SMARTS) is 2. The molecule has 0 unspecified atom stereocenters. The number of hydrogen-bond acceptors (Lipinski definition) is 21. The topological polar surface area (TPSA) is 677 Å². The van der Waals surface area contributed by atoms with E-state index >= 15 is 0 Å². The van der Waals surface area contributed by atoms with Crippen molar-refractivity contribution in [1.82, 2.24) is 74.4 Å². The molecule has 0 heterocycles. The van der Waals surface area contributed by atoms with E-state index in [9.17, 15) is 87.2 Å². The fraction of sp³-hybridized carbons (Fsp3) is 0.614. The molecule has 0 radical (unpaired) electrons. The standard InChI is InChI=1S/C44H76N20O20/c1-18(45)33(74)58-22(7-5-9-52-44(49)50)38(79)61-24(11-32(72)73)37(78)54-12-29(69)53-13-30(70)56-19(2)34(75)59-21(6-4-8-51-43(47)48)36(77)55-14-31(71)57-20(3)35(76)60-23(10-28(46)68)39(80)62-25(15-65)40(81)63-26(16-66)41(82)64-27(17-67)42(83)84/h18-27,65-67H,4-17,45H2,1-3H3,(H2,46,68)(H,53,69)(H,54,78)(H,55,77)(H,56,70)(H,57,71)(H,58,74)(H,59,75)(H,60,76)(H,61,79)(H,62,80)(H,63,81)(H,64,82)(H,72,73)(H,83,84)(H4,47,48,51)(H4,49,50,52)/t18-,19-,20-,21-,22-,23-,24-,25-,26-,27-/m0/s1. The lowest BCUT2D eigenvalue weighted by Crippen LogP contribution is -2.60. The van der Waals surface area contributed by atoms with E-state index in [0.717, 1.165) is 6.92 Å². The lowest BCUT2D eigenvalue weighted by molar-refractivity contribution is -0.143. The van der Waals surface area contributed by atoms with Gasteiger partial charge in [-0.15, -0.1) is 0 Å². The molecule has 0 aromatic carbocycles. The number of rotatable bonds is 40. The van der Waals surface area contributed by atoms with Gasteiger partial charge in [0.15, 0.2) is 11.9 Å². The fourth-order valence-electron chi connectivity index (χ4n) is 6.49. The van der Waals surface area contributed by atoms with Crippen molar-refractivity contribution in [2.24, 2.45) is 22.9 Å². The van der Waals surface area contributed by atoms with Gasteiger partial charge in [-0.3, -0.25) is 77.9 Å². The van der Waals surface area contributed by atoms with Crippen LogP contribution < -0.4 is 97.4 Å². The number of hydrogen-bond donors (Lipinski definition) is 25. The fourth-order valence-corrected chi connectivity index (χ4v) is 6.49. The monoisotopic (exact) mass is 1200 g/mol. The molecule has 0 rings (SSSR count).